The summed E-state index contributed by atoms with van der Waals surface area (Å²) >= 11 is 0. The van der Waals surface area contributed by atoms with Gasteiger partial charge in [0.1, 0.15) is 17.2 Å². The summed E-state index contributed by atoms with van der Waals surface area (Å²) in [5, 5.41) is 3.10. The Morgan fingerprint density at radius 3 is 2.23 bits per heavy atom. The van der Waals surface area contributed by atoms with Crippen LogP contribution in [0, 0.1) is 0 Å². The van der Waals surface area contributed by atoms with Gasteiger partial charge in [-0.15, -0.1) is 0 Å². The second-order valence-corrected chi connectivity index (χ2v) is 7.51. The van der Waals surface area contributed by atoms with Gasteiger partial charge in [0.05, 0.1) is 53.6 Å². The Morgan fingerprint density at radius 1 is 1.00 bits per heavy atom. The minimum atomic E-state index is -0.164. The van der Waals surface area contributed by atoms with Gasteiger partial charge in [-0.1, -0.05) is 0 Å². The molecule has 2 aromatic carbocycles. The number of nitrogens with one attached hydrogen (secondary N) is 2. The molecular weight excluding hydrogens is 382 g/mol. The van der Waals surface area contributed by atoms with Crippen LogP contribution in [0.1, 0.15) is 18.5 Å². The predicted octanol–water partition coefficient (Wildman–Crippen LogP) is 1.29. The zero-order valence-corrected chi connectivity index (χ0v) is 18.2. The minimum Gasteiger partial charge on any atom is -0.497 e. The number of hydrogen-bond acceptors (Lipinski definition) is 5. The van der Waals surface area contributed by atoms with Gasteiger partial charge >= 0.3 is 0 Å². The lowest BCUT2D eigenvalue weighted by Crippen LogP contribution is -3.15. The van der Waals surface area contributed by atoms with Crippen molar-refractivity contribution >= 4 is 11.6 Å². The minimum absolute atomic E-state index is 0.0419. The standard InChI is InChI=1S/C23H31N3O4/c1-17(21-15-20(29-3)9-10-22(21)30-4)24-23(27)16-25-11-13-26(14-12-25)18-5-7-19(28-2)8-6-18/h5-10,15,17H,11-14,16H2,1-4H3,(H,24,27)/p+1/t17-/m0/s1. The van der Waals surface area contributed by atoms with Crippen molar-refractivity contribution in [3.05, 3.63) is 48.0 Å². The van der Waals surface area contributed by atoms with Crippen molar-refractivity contribution < 1.29 is 23.9 Å². The Labute approximate surface area is 178 Å². The number of hydrogen-bond donors (Lipinski definition) is 2. The molecule has 30 heavy (non-hydrogen) atoms. The SMILES string of the molecule is COc1ccc(N2CC[NH+](CC(=O)N[C@@H](C)c3cc(OC)ccc3OC)CC2)cc1. The molecular formula is C23H32N3O4+. The van der Waals surface area contributed by atoms with Gasteiger partial charge in [0.25, 0.3) is 5.91 Å². The van der Waals surface area contributed by atoms with Gasteiger partial charge in [-0.05, 0) is 49.4 Å². The van der Waals surface area contributed by atoms with Gasteiger partial charge in [-0.3, -0.25) is 4.79 Å². The second-order valence-electron chi connectivity index (χ2n) is 7.51. The van der Waals surface area contributed by atoms with Gasteiger partial charge in [0.2, 0.25) is 0 Å². The molecule has 2 N–H and O–H groups in total. The molecule has 1 aliphatic heterocycles. The summed E-state index contributed by atoms with van der Waals surface area (Å²) < 4.78 is 16.0. The molecule has 0 saturated carbocycles. The van der Waals surface area contributed by atoms with Gasteiger partial charge in [0.15, 0.2) is 6.54 Å². The maximum Gasteiger partial charge on any atom is 0.275 e. The third-order valence-corrected chi connectivity index (χ3v) is 5.60. The fourth-order valence-electron chi connectivity index (χ4n) is 3.83. The van der Waals surface area contributed by atoms with Crippen LogP contribution in [0.5, 0.6) is 17.2 Å². The van der Waals surface area contributed by atoms with E-state index in [1.165, 1.54) is 10.6 Å². The fraction of sp³-hybridized carbons (Fsp3) is 0.435. The van der Waals surface area contributed by atoms with Gasteiger partial charge in [0, 0.05) is 11.3 Å². The summed E-state index contributed by atoms with van der Waals surface area (Å²) in [5.41, 5.74) is 2.10. The summed E-state index contributed by atoms with van der Waals surface area (Å²) in [7, 11) is 4.93. The Kier molecular flexibility index (Phi) is 7.41. The molecule has 7 heteroatoms. The van der Waals surface area contributed by atoms with Gasteiger partial charge < -0.3 is 29.3 Å². The Bertz CT molecular complexity index is 833. The van der Waals surface area contributed by atoms with Crippen LogP contribution in [0.15, 0.2) is 42.5 Å². The van der Waals surface area contributed by atoms with Crippen molar-refractivity contribution in [3.8, 4) is 17.2 Å². The number of amides is 1. The number of benzene rings is 2. The highest BCUT2D eigenvalue weighted by Crippen LogP contribution is 2.29. The first-order chi connectivity index (χ1) is 14.5. The smallest absolute Gasteiger partial charge is 0.275 e. The largest absolute Gasteiger partial charge is 0.497 e. The van der Waals surface area contributed by atoms with E-state index in [2.05, 4.69) is 22.3 Å². The molecule has 2 aromatic rings. The van der Waals surface area contributed by atoms with E-state index in [4.69, 9.17) is 14.2 Å². The van der Waals surface area contributed by atoms with Crippen molar-refractivity contribution in [1.82, 2.24) is 5.32 Å². The van der Waals surface area contributed by atoms with Crippen molar-refractivity contribution in [2.24, 2.45) is 0 Å². The maximum absolute atomic E-state index is 12.6. The lowest BCUT2D eigenvalue weighted by atomic mass is 10.1. The van der Waals surface area contributed by atoms with E-state index in [1.54, 1.807) is 21.3 Å². The first kappa shape index (κ1) is 21.8. The molecule has 0 spiro atoms. The lowest BCUT2D eigenvalue weighted by molar-refractivity contribution is -0.892. The number of quaternary nitrogens is 1. The summed E-state index contributed by atoms with van der Waals surface area (Å²) in [4.78, 5) is 16.3. The molecule has 162 valence electrons. The van der Waals surface area contributed by atoms with E-state index in [9.17, 15) is 4.79 Å². The summed E-state index contributed by atoms with van der Waals surface area (Å²) in [5.74, 6) is 2.39. The van der Waals surface area contributed by atoms with E-state index in [0.29, 0.717) is 6.54 Å². The first-order valence-electron chi connectivity index (χ1n) is 10.3. The lowest BCUT2D eigenvalue weighted by Gasteiger charge is -2.33. The average Bonchev–Trinajstić information content (AvgIpc) is 2.79. The molecule has 1 amide bonds. The Hall–Kier alpha value is -2.93. The summed E-state index contributed by atoms with van der Waals surface area (Å²) in [6.07, 6.45) is 0. The predicted molar refractivity (Wildman–Crippen MR) is 117 cm³/mol. The van der Waals surface area contributed by atoms with Gasteiger partial charge in [-0.2, -0.15) is 0 Å². The van der Waals surface area contributed by atoms with Crippen LogP contribution >= 0.6 is 0 Å². The highest BCUT2D eigenvalue weighted by Gasteiger charge is 2.24. The third-order valence-electron chi connectivity index (χ3n) is 5.60. The molecule has 0 radical (unpaired) electrons. The molecule has 3 rings (SSSR count). The van der Waals surface area contributed by atoms with Crippen molar-refractivity contribution in [3.63, 3.8) is 0 Å². The van der Waals surface area contributed by atoms with Crippen molar-refractivity contribution in [2.75, 3.05) is 59.0 Å². The summed E-state index contributed by atoms with van der Waals surface area (Å²) in [6, 6.07) is 13.6. The van der Waals surface area contributed by atoms with Crippen LogP contribution in [0.2, 0.25) is 0 Å². The number of anilines is 1. The molecule has 1 atom stereocenters. The topological polar surface area (TPSA) is 64.5 Å². The maximum atomic E-state index is 12.6. The quantitative estimate of drug-likeness (QED) is 0.682. The van der Waals surface area contributed by atoms with E-state index < -0.39 is 0 Å². The van der Waals surface area contributed by atoms with Crippen LogP contribution in [0.4, 0.5) is 5.69 Å². The Balaban J connectivity index is 1.51. The number of rotatable bonds is 8. The monoisotopic (exact) mass is 414 g/mol. The van der Waals surface area contributed by atoms with Crippen LogP contribution < -0.4 is 29.3 Å². The van der Waals surface area contributed by atoms with E-state index in [1.807, 2.05) is 37.3 Å². The van der Waals surface area contributed by atoms with Crippen molar-refractivity contribution in [1.29, 1.82) is 0 Å². The molecule has 1 aliphatic rings. The zero-order chi connectivity index (χ0) is 21.5. The number of nitrogens with zero attached hydrogens (tertiary/aromatic N) is 1. The number of carbonyl (C=O) groups is 1. The van der Waals surface area contributed by atoms with Crippen LogP contribution in [-0.4, -0.2) is 60.0 Å². The van der Waals surface area contributed by atoms with Crippen LogP contribution in [0.25, 0.3) is 0 Å². The summed E-state index contributed by atoms with van der Waals surface area (Å²) in [6.45, 7) is 6.13. The number of ether oxygens (including phenoxy) is 3. The third kappa shape index (κ3) is 5.36. The first-order valence-corrected chi connectivity index (χ1v) is 10.3. The van der Waals surface area contributed by atoms with E-state index in [-0.39, 0.29) is 11.9 Å². The van der Waals surface area contributed by atoms with E-state index >= 15 is 0 Å². The van der Waals surface area contributed by atoms with E-state index in [0.717, 1.165) is 49.0 Å². The average molecular weight is 415 g/mol. The van der Waals surface area contributed by atoms with Gasteiger partial charge in [-0.25, -0.2) is 0 Å². The van der Waals surface area contributed by atoms with Crippen LogP contribution in [0.3, 0.4) is 0 Å². The highest BCUT2D eigenvalue weighted by atomic mass is 16.5. The number of carbonyl (C=O) groups excluding carboxylic acids is 1. The molecule has 0 aliphatic carbocycles. The van der Waals surface area contributed by atoms with Crippen LogP contribution in [-0.2, 0) is 4.79 Å². The second kappa shape index (κ2) is 10.2. The zero-order valence-electron chi connectivity index (χ0n) is 18.2. The highest BCUT2D eigenvalue weighted by molar-refractivity contribution is 5.77. The molecule has 1 saturated heterocycles. The molecule has 0 unspecified atom stereocenters. The number of methoxy groups -OCH3 is 3. The fourth-order valence-corrected chi connectivity index (χ4v) is 3.83. The normalized spacial score (nSPS) is 15.4. The van der Waals surface area contributed by atoms with Crippen molar-refractivity contribution in [2.45, 2.75) is 13.0 Å². The molecule has 0 bridgehead atoms. The Morgan fingerprint density at radius 2 is 1.63 bits per heavy atom. The molecule has 1 heterocycles. The molecule has 0 aromatic heterocycles. The number of piperazine rings is 1. The molecule has 7 nitrogen and oxygen atoms in total. The molecule has 1 fully saturated rings.